The summed E-state index contributed by atoms with van der Waals surface area (Å²) in [4.78, 5) is 12.2. The van der Waals surface area contributed by atoms with Crippen molar-refractivity contribution in [3.8, 4) is 17.2 Å². The third-order valence-corrected chi connectivity index (χ3v) is 3.28. The highest BCUT2D eigenvalue weighted by atomic mass is 16.5. The van der Waals surface area contributed by atoms with Gasteiger partial charge in [0, 0.05) is 0 Å². The standard InChI is InChI=1S/C20H16O3/c1-15-10-12-18(13-11-15)23-20(21)16-6-5-9-19(14-16)22-17-7-3-2-4-8-17/h2-14H,1H3. The first-order chi connectivity index (χ1) is 11.2. The Labute approximate surface area is 135 Å². The van der Waals surface area contributed by atoms with E-state index in [0.29, 0.717) is 17.1 Å². The second-order valence-electron chi connectivity index (χ2n) is 5.15. The summed E-state index contributed by atoms with van der Waals surface area (Å²) in [5, 5.41) is 0. The van der Waals surface area contributed by atoms with E-state index in [9.17, 15) is 4.79 Å². The van der Waals surface area contributed by atoms with Crippen LogP contribution in [0.2, 0.25) is 0 Å². The molecule has 0 aliphatic carbocycles. The van der Waals surface area contributed by atoms with Crippen LogP contribution in [-0.4, -0.2) is 5.97 Å². The summed E-state index contributed by atoms with van der Waals surface area (Å²) < 4.78 is 11.1. The lowest BCUT2D eigenvalue weighted by atomic mass is 10.2. The van der Waals surface area contributed by atoms with Crippen molar-refractivity contribution >= 4 is 5.97 Å². The lowest BCUT2D eigenvalue weighted by Gasteiger charge is -2.08. The van der Waals surface area contributed by atoms with Crippen LogP contribution >= 0.6 is 0 Å². The van der Waals surface area contributed by atoms with Gasteiger partial charge in [0.25, 0.3) is 0 Å². The van der Waals surface area contributed by atoms with E-state index >= 15 is 0 Å². The predicted octanol–water partition coefficient (Wildman–Crippen LogP) is 5.01. The van der Waals surface area contributed by atoms with Gasteiger partial charge in [0.2, 0.25) is 0 Å². The normalized spacial score (nSPS) is 10.1. The fourth-order valence-corrected chi connectivity index (χ4v) is 2.08. The third kappa shape index (κ3) is 3.98. The van der Waals surface area contributed by atoms with E-state index in [2.05, 4.69) is 0 Å². The van der Waals surface area contributed by atoms with Gasteiger partial charge in [-0.2, -0.15) is 0 Å². The van der Waals surface area contributed by atoms with Crippen LogP contribution in [0, 0.1) is 6.92 Å². The van der Waals surface area contributed by atoms with Crippen LogP contribution in [0.15, 0.2) is 78.9 Å². The van der Waals surface area contributed by atoms with Crippen LogP contribution in [-0.2, 0) is 0 Å². The average Bonchev–Trinajstić information content (AvgIpc) is 2.58. The van der Waals surface area contributed by atoms with Crippen LogP contribution in [0.1, 0.15) is 15.9 Å². The van der Waals surface area contributed by atoms with Gasteiger partial charge < -0.3 is 9.47 Å². The van der Waals surface area contributed by atoms with Crippen LogP contribution in [0.25, 0.3) is 0 Å². The number of para-hydroxylation sites is 1. The number of ether oxygens (including phenoxy) is 2. The number of aryl methyl sites for hydroxylation is 1. The molecule has 0 spiro atoms. The molecule has 0 heterocycles. The van der Waals surface area contributed by atoms with E-state index < -0.39 is 5.97 Å². The first-order valence-corrected chi connectivity index (χ1v) is 7.32. The summed E-state index contributed by atoms with van der Waals surface area (Å²) in [6.07, 6.45) is 0. The molecule has 0 fully saturated rings. The molecule has 3 aromatic rings. The van der Waals surface area contributed by atoms with Gasteiger partial charge in [-0.3, -0.25) is 0 Å². The lowest BCUT2D eigenvalue weighted by molar-refractivity contribution is 0.0734. The van der Waals surface area contributed by atoms with E-state index in [1.54, 1.807) is 36.4 Å². The fourth-order valence-electron chi connectivity index (χ4n) is 2.08. The second-order valence-corrected chi connectivity index (χ2v) is 5.15. The summed E-state index contributed by atoms with van der Waals surface area (Å²) in [5.41, 5.74) is 1.56. The first kappa shape index (κ1) is 14.9. The van der Waals surface area contributed by atoms with Crippen molar-refractivity contribution in [2.75, 3.05) is 0 Å². The molecule has 0 aliphatic heterocycles. The van der Waals surface area contributed by atoms with Gasteiger partial charge in [0.05, 0.1) is 5.56 Å². The molecule has 0 N–H and O–H groups in total. The zero-order valence-corrected chi connectivity index (χ0v) is 12.7. The molecule has 0 amide bonds. The zero-order valence-electron chi connectivity index (χ0n) is 12.7. The molecule has 3 nitrogen and oxygen atoms in total. The van der Waals surface area contributed by atoms with E-state index in [4.69, 9.17) is 9.47 Å². The van der Waals surface area contributed by atoms with Crippen molar-refractivity contribution < 1.29 is 14.3 Å². The van der Waals surface area contributed by atoms with Gasteiger partial charge in [-0.15, -0.1) is 0 Å². The smallest absolute Gasteiger partial charge is 0.343 e. The predicted molar refractivity (Wildman–Crippen MR) is 89.1 cm³/mol. The Kier molecular flexibility index (Phi) is 4.39. The highest BCUT2D eigenvalue weighted by Crippen LogP contribution is 2.22. The maximum atomic E-state index is 12.2. The van der Waals surface area contributed by atoms with Crippen LogP contribution in [0.5, 0.6) is 17.2 Å². The van der Waals surface area contributed by atoms with E-state index in [-0.39, 0.29) is 0 Å². The molecule has 23 heavy (non-hydrogen) atoms. The number of benzene rings is 3. The van der Waals surface area contributed by atoms with E-state index in [0.717, 1.165) is 11.3 Å². The molecule has 0 saturated heterocycles. The van der Waals surface area contributed by atoms with Gasteiger partial charge in [-0.25, -0.2) is 4.79 Å². The number of carbonyl (C=O) groups excluding carboxylic acids is 1. The third-order valence-electron chi connectivity index (χ3n) is 3.28. The van der Waals surface area contributed by atoms with Crippen molar-refractivity contribution in [3.63, 3.8) is 0 Å². The van der Waals surface area contributed by atoms with Crippen LogP contribution < -0.4 is 9.47 Å². The summed E-state index contributed by atoms with van der Waals surface area (Å²) >= 11 is 0. The van der Waals surface area contributed by atoms with Crippen molar-refractivity contribution in [2.45, 2.75) is 6.92 Å². The van der Waals surface area contributed by atoms with Gasteiger partial charge in [-0.1, -0.05) is 42.0 Å². The summed E-state index contributed by atoms with van der Waals surface area (Å²) in [7, 11) is 0. The lowest BCUT2D eigenvalue weighted by Crippen LogP contribution is -2.08. The number of hydrogen-bond donors (Lipinski definition) is 0. The molecule has 3 heteroatoms. The Balaban J connectivity index is 1.73. The van der Waals surface area contributed by atoms with Gasteiger partial charge >= 0.3 is 5.97 Å². The number of hydrogen-bond acceptors (Lipinski definition) is 3. The molecule has 0 atom stereocenters. The topological polar surface area (TPSA) is 35.5 Å². The number of esters is 1. The average molecular weight is 304 g/mol. The SMILES string of the molecule is Cc1ccc(OC(=O)c2cccc(Oc3ccccc3)c2)cc1. The Morgan fingerprint density at radius 1 is 0.739 bits per heavy atom. The minimum atomic E-state index is -0.410. The summed E-state index contributed by atoms with van der Waals surface area (Å²) in [6.45, 7) is 1.98. The molecular weight excluding hydrogens is 288 g/mol. The molecule has 3 rings (SSSR count). The monoisotopic (exact) mass is 304 g/mol. The van der Waals surface area contributed by atoms with Crippen molar-refractivity contribution in [3.05, 3.63) is 90.0 Å². The Hall–Kier alpha value is -3.07. The zero-order chi connectivity index (χ0) is 16.1. The molecule has 0 unspecified atom stereocenters. The van der Waals surface area contributed by atoms with Gasteiger partial charge in [0.15, 0.2) is 0 Å². The van der Waals surface area contributed by atoms with Crippen molar-refractivity contribution in [1.29, 1.82) is 0 Å². The molecular formula is C20H16O3. The quantitative estimate of drug-likeness (QED) is 0.502. The Bertz CT molecular complexity index is 793. The van der Waals surface area contributed by atoms with Crippen molar-refractivity contribution in [2.24, 2.45) is 0 Å². The van der Waals surface area contributed by atoms with Gasteiger partial charge in [0.1, 0.15) is 17.2 Å². The largest absolute Gasteiger partial charge is 0.457 e. The minimum Gasteiger partial charge on any atom is -0.457 e. The molecule has 0 radical (unpaired) electrons. The van der Waals surface area contributed by atoms with Crippen LogP contribution in [0.4, 0.5) is 0 Å². The van der Waals surface area contributed by atoms with E-state index in [1.165, 1.54) is 0 Å². The highest BCUT2D eigenvalue weighted by Gasteiger charge is 2.10. The molecule has 114 valence electrons. The maximum absolute atomic E-state index is 12.2. The Morgan fingerprint density at radius 3 is 2.17 bits per heavy atom. The maximum Gasteiger partial charge on any atom is 0.343 e. The minimum absolute atomic E-state index is 0.410. The molecule has 0 aliphatic rings. The molecule has 0 aromatic heterocycles. The summed E-state index contributed by atoms with van der Waals surface area (Å²) in [6, 6.07) is 23.7. The number of carbonyl (C=O) groups is 1. The second kappa shape index (κ2) is 6.79. The Morgan fingerprint density at radius 2 is 1.43 bits per heavy atom. The van der Waals surface area contributed by atoms with Crippen LogP contribution in [0.3, 0.4) is 0 Å². The molecule has 0 saturated carbocycles. The van der Waals surface area contributed by atoms with Gasteiger partial charge in [-0.05, 0) is 49.4 Å². The molecule has 0 bridgehead atoms. The van der Waals surface area contributed by atoms with Crippen molar-refractivity contribution in [1.82, 2.24) is 0 Å². The fraction of sp³-hybridized carbons (Fsp3) is 0.0500. The van der Waals surface area contributed by atoms with E-state index in [1.807, 2.05) is 49.4 Å². The highest BCUT2D eigenvalue weighted by molar-refractivity contribution is 5.91. The first-order valence-electron chi connectivity index (χ1n) is 7.32. The molecule has 3 aromatic carbocycles. The number of rotatable bonds is 4. The summed E-state index contributed by atoms with van der Waals surface area (Å²) in [5.74, 6) is 1.42.